The highest BCUT2D eigenvalue weighted by atomic mass is 19.1. The summed E-state index contributed by atoms with van der Waals surface area (Å²) in [5.41, 5.74) is 1.45. The quantitative estimate of drug-likeness (QED) is 0.596. The Kier molecular flexibility index (Phi) is 6.92. The molecule has 0 aliphatic rings. The maximum absolute atomic E-state index is 13.1. The smallest absolute Gasteiger partial charge is 0.287 e. The molecule has 0 bridgehead atoms. The highest BCUT2D eigenvalue weighted by Crippen LogP contribution is 2.28. The lowest BCUT2D eigenvalue weighted by atomic mass is 10.2. The third-order valence-corrected chi connectivity index (χ3v) is 4.49. The van der Waals surface area contributed by atoms with Gasteiger partial charge in [0, 0.05) is 26.2 Å². The van der Waals surface area contributed by atoms with Crippen molar-refractivity contribution >= 4 is 11.8 Å². The molecule has 2 amide bonds. The molecule has 0 atom stereocenters. The van der Waals surface area contributed by atoms with E-state index in [0.717, 1.165) is 5.56 Å². The summed E-state index contributed by atoms with van der Waals surface area (Å²) >= 11 is 0. The number of benzene rings is 2. The number of nitrogens with one attached hydrogen (secondary N) is 1. The highest BCUT2D eigenvalue weighted by molar-refractivity contribution is 5.92. The van der Waals surface area contributed by atoms with Crippen LogP contribution in [0.3, 0.4) is 0 Å². The zero-order valence-corrected chi connectivity index (χ0v) is 17.5. The first-order valence-corrected chi connectivity index (χ1v) is 9.51. The molecule has 0 saturated carbocycles. The van der Waals surface area contributed by atoms with E-state index in [1.54, 1.807) is 56.6 Å². The summed E-state index contributed by atoms with van der Waals surface area (Å²) in [5.74, 6) is 0.609. The molecule has 2 aromatic carbocycles. The second-order valence-electron chi connectivity index (χ2n) is 6.92. The molecule has 3 aromatic rings. The van der Waals surface area contributed by atoms with Gasteiger partial charge >= 0.3 is 0 Å². The van der Waals surface area contributed by atoms with Crippen LogP contribution in [0.2, 0.25) is 0 Å². The number of hydrogen-bond acceptors (Lipinski definition) is 5. The van der Waals surface area contributed by atoms with Gasteiger partial charge in [0.2, 0.25) is 0 Å². The molecule has 31 heavy (non-hydrogen) atoms. The average molecular weight is 426 g/mol. The topological polar surface area (TPSA) is 81.0 Å². The van der Waals surface area contributed by atoms with Crippen molar-refractivity contribution in [3.63, 3.8) is 0 Å². The number of nitrogens with zero attached hydrogens (tertiary/aromatic N) is 1. The van der Waals surface area contributed by atoms with Crippen LogP contribution in [0.25, 0.3) is 11.3 Å². The van der Waals surface area contributed by atoms with Crippen LogP contribution in [0, 0.1) is 5.82 Å². The molecule has 0 saturated heterocycles. The SMILES string of the molecule is COc1cc(CNC(=O)c2ccc(-c3ccc(F)cc3)o2)ccc1OCC(=O)N(C)C. The Morgan fingerprint density at radius 2 is 1.77 bits per heavy atom. The predicted octanol–water partition coefficient (Wildman–Crippen LogP) is 3.49. The number of carbonyl (C=O) groups is 2. The summed E-state index contributed by atoms with van der Waals surface area (Å²) in [7, 11) is 4.80. The van der Waals surface area contributed by atoms with Crippen LogP contribution in [0.15, 0.2) is 59.0 Å². The van der Waals surface area contributed by atoms with Crippen molar-refractivity contribution in [1.29, 1.82) is 0 Å². The average Bonchev–Trinajstić information content (AvgIpc) is 3.26. The maximum atomic E-state index is 13.1. The molecular formula is C23H23FN2O5. The number of furan rings is 1. The summed E-state index contributed by atoms with van der Waals surface area (Å²) in [6, 6.07) is 14.2. The molecule has 1 aromatic heterocycles. The fourth-order valence-electron chi connectivity index (χ4n) is 2.71. The molecule has 1 heterocycles. The van der Waals surface area contributed by atoms with Crippen LogP contribution in [-0.4, -0.2) is 44.5 Å². The molecule has 7 nitrogen and oxygen atoms in total. The zero-order chi connectivity index (χ0) is 22.4. The molecule has 0 radical (unpaired) electrons. The number of methoxy groups -OCH3 is 1. The van der Waals surface area contributed by atoms with Crippen LogP contribution in [0.4, 0.5) is 4.39 Å². The van der Waals surface area contributed by atoms with Gasteiger partial charge in [-0.25, -0.2) is 4.39 Å². The highest BCUT2D eigenvalue weighted by Gasteiger charge is 2.14. The Labute approximate surface area is 179 Å². The van der Waals surface area contributed by atoms with E-state index in [9.17, 15) is 14.0 Å². The van der Waals surface area contributed by atoms with Gasteiger partial charge in [0.05, 0.1) is 7.11 Å². The van der Waals surface area contributed by atoms with Crippen molar-refractivity contribution in [3.05, 3.63) is 71.7 Å². The van der Waals surface area contributed by atoms with E-state index >= 15 is 0 Å². The molecule has 0 aliphatic heterocycles. The first-order valence-electron chi connectivity index (χ1n) is 9.51. The summed E-state index contributed by atoms with van der Waals surface area (Å²) < 4.78 is 29.5. The minimum absolute atomic E-state index is 0.103. The van der Waals surface area contributed by atoms with Gasteiger partial charge in [-0.3, -0.25) is 9.59 Å². The summed E-state index contributed by atoms with van der Waals surface area (Å²) in [5, 5.41) is 2.78. The van der Waals surface area contributed by atoms with Crippen molar-refractivity contribution < 1.29 is 27.9 Å². The van der Waals surface area contributed by atoms with Crippen molar-refractivity contribution in [2.45, 2.75) is 6.54 Å². The van der Waals surface area contributed by atoms with E-state index in [1.165, 1.54) is 24.1 Å². The molecule has 0 aliphatic carbocycles. The Bertz CT molecular complexity index is 1060. The number of ether oxygens (including phenoxy) is 2. The van der Waals surface area contributed by atoms with Gasteiger partial charge in [0.15, 0.2) is 23.9 Å². The van der Waals surface area contributed by atoms with E-state index in [4.69, 9.17) is 13.9 Å². The predicted molar refractivity (Wildman–Crippen MR) is 112 cm³/mol. The van der Waals surface area contributed by atoms with Crippen LogP contribution < -0.4 is 14.8 Å². The summed E-state index contributed by atoms with van der Waals surface area (Å²) in [6.45, 7) is 0.132. The van der Waals surface area contributed by atoms with Crippen LogP contribution in [-0.2, 0) is 11.3 Å². The Morgan fingerprint density at radius 1 is 1.03 bits per heavy atom. The van der Waals surface area contributed by atoms with Crippen LogP contribution in [0.5, 0.6) is 11.5 Å². The zero-order valence-electron chi connectivity index (χ0n) is 17.5. The molecule has 3 rings (SSSR count). The van der Waals surface area contributed by atoms with Crippen molar-refractivity contribution in [3.8, 4) is 22.8 Å². The van der Waals surface area contributed by atoms with E-state index in [0.29, 0.717) is 22.8 Å². The van der Waals surface area contributed by atoms with Crippen LogP contribution in [0.1, 0.15) is 16.1 Å². The second kappa shape index (κ2) is 9.80. The molecule has 0 spiro atoms. The molecule has 1 N–H and O–H groups in total. The lowest BCUT2D eigenvalue weighted by Crippen LogP contribution is -2.27. The van der Waals surface area contributed by atoms with Crippen molar-refractivity contribution in [2.75, 3.05) is 27.8 Å². The van der Waals surface area contributed by atoms with Crippen molar-refractivity contribution in [1.82, 2.24) is 10.2 Å². The van der Waals surface area contributed by atoms with Gasteiger partial charge in [-0.2, -0.15) is 0 Å². The standard InChI is InChI=1S/C23H23FN2O5/c1-26(2)22(27)14-30-19-9-4-15(12-21(19)29-3)13-25-23(28)20-11-10-18(31-20)16-5-7-17(24)8-6-16/h4-12H,13-14H2,1-3H3,(H,25,28). The third-order valence-electron chi connectivity index (χ3n) is 4.49. The molecule has 0 fully saturated rings. The monoisotopic (exact) mass is 426 g/mol. The minimum atomic E-state index is -0.385. The Morgan fingerprint density at radius 3 is 2.45 bits per heavy atom. The van der Waals surface area contributed by atoms with Gasteiger partial charge in [0.25, 0.3) is 11.8 Å². The number of rotatable bonds is 8. The Hall–Kier alpha value is -3.81. The number of likely N-dealkylation sites (N-methyl/N-ethyl adjacent to an activating group) is 1. The Balaban J connectivity index is 1.61. The fraction of sp³-hybridized carbons (Fsp3) is 0.217. The lowest BCUT2D eigenvalue weighted by molar-refractivity contribution is -0.130. The number of halogens is 1. The second-order valence-corrected chi connectivity index (χ2v) is 6.92. The first-order chi connectivity index (χ1) is 14.9. The van der Waals surface area contributed by atoms with E-state index in [2.05, 4.69) is 5.32 Å². The van der Waals surface area contributed by atoms with E-state index in [1.807, 2.05) is 0 Å². The van der Waals surface area contributed by atoms with Crippen molar-refractivity contribution in [2.24, 2.45) is 0 Å². The van der Waals surface area contributed by atoms with E-state index in [-0.39, 0.29) is 36.5 Å². The van der Waals surface area contributed by atoms with Crippen LogP contribution >= 0.6 is 0 Å². The summed E-state index contributed by atoms with van der Waals surface area (Å²) in [4.78, 5) is 25.5. The van der Waals surface area contributed by atoms with Gasteiger partial charge in [-0.15, -0.1) is 0 Å². The fourth-order valence-corrected chi connectivity index (χ4v) is 2.71. The molecule has 0 unspecified atom stereocenters. The van der Waals surface area contributed by atoms with Gasteiger partial charge < -0.3 is 24.1 Å². The maximum Gasteiger partial charge on any atom is 0.287 e. The van der Waals surface area contributed by atoms with Gasteiger partial charge in [-0.05, 0) is 54.1 Å². The number of amides is 2. The van der Waals surface area contributed by atoms with Gasteiger partial charge in [-0.1, -0.05) is 6.07 Å². The molecule has 8 heteroatoms. The largest absolute Gasteiger partial charge is 0.493 e. The number of hydrogen-bond donors (Lipinski definition) is 1. The van der Waals surface area contributed by atoms with E-state index < -0.39 is 0 Å². The lowest BCUT2D eigenvalue weighted by Gasteiger charge is -2.14. The molecular weight excluding hydrogens is 403 g/mol. The normalized spacial score (nSPS) is 10.5. The third kappa shape index (κ3) is 5.63. The van der Waals surface area contributed by atoms with Gasteiger partial charge in [0.1, 0.15) is 11.6 Å². The minimum Gasteiger partial charge on any atom is -0.493 e. The first kappa shape index (κ1) is 21.9. The molecule has 162 valence electrons. The summed E-state index contributed by atoms with van der Waals surface area (Å²) in [6.07, 6.45) is 0. The number of carbonyl (C=O) groups excluding carboxylic acids is 2.